The second-order valence-electron chi connectivity index (χ2n) is 5.60. The van der Waals surface area contributed by atoms with Crippen LogP contribution in [0.1, 0.15) is 16.7 Å². The summed E-state index contributed by atoms with van der Waals surface area (Å²) in [4.78, 5) is 11.9. The van der Waals surface area contributed by atoms with Crippen LogP contribution in [-0.2, 0) is 14.8 Å². The second kappa shape index (κ2) is 7.11. The Morgan fingerprint density at radius 3 is 2.42 bits per heavy atom. The Kier molecular flexibility index (Phi) is 5.36. The highest BCUT2D eigenvalue weighted by molar-refractivity contribution is 7.89. The van der Waals surface area contributed by atoms with E-state index in [1.54, 1.807) is 0 Å². The van der Waals surface area contributed by atoms with Crippen molar-refractivity contribution >= 4 is 21.6 Å². The average molecular weight is 350 g/mol. The van der Waals surface area contributed by atoms with Crippen LogP contribution in [0.4, 0.5) is 10.1 Å². The number of rotatable bonds is 5. The van der Waals surface area contributed by atoms with E-state index in [2.05, 4.69) is 10.0 Å². The molecule has 0 aliphatic heterocycles. The van der Waals surface area contributed by atoms with E-state index < -0.39 is 28.3 Å². The van der Waals surface area contributed by atoms with Gasteiger partial charge in [-0.05, 0) is 61.7 Å². The van der Waals surface area contributed by atoms with E-state index in [1.165, 1.54) is 13.0 Å². The molecule has 7 heteroatoms. The molecule has 24 heavy (non-hydrogen) atoms. The number of carbonyl (C=O) groups excluding carboxylic acids is 1. The standard InChI is InChI=1S/C17H19FN2O3S/c1-11-4-5-12(2)15(8-11)20-17(21)10-19-24(22,23)16-7-6-14(18)9-13(16)3/h4-9,19H,10H2,1-3H3,(H,20,21). The number of aryl methyl sites for hydroxylation is 3. The van der Waals surface area contributed by atoms with Crippen molar-refractivity contribution in [3.8, 4) is 0 Å². The third-order valence-corrected chi connectivity index (χ3v) is 5.08. The van der Waals surface area contributed by atoms with Crippen LogP contribution >= 0.6 is 0 Å². The minimum atomic E-state index is -3.89. The van der Waals surface area contributed by atoms with Crippen LogP contribution in [0.5, 0.6) is 0 Å². The van der Waals surface area contributed by atoms with Gasteiger partial charge in [-0.1, -0.05) is 12.1 Å². The van der Waals surface area contributed by atoms with Gasteiger partial charge in [0.1, 0.15) is 5.82 Å². The summed E-state index contributed by atoms with van der Waals surface area (Å²) >= 11 is 0. The first-order valence-corrected chi connectivity index (χ1v) is 8.80. The molecule has 0 saturated carbocycles. The second-order valence-corrected chi connectivity index (χ2v) is 7.34. The molecule has 0 aromatic heterocycles. The first kappa shape index (κ1) is 18.1. The van der Waals surface area contributed by atoms with Gasteiger partial charge in [-0.2, -0.15) is 0 Å². The monoisotopic (exact) mass is 350 g/mol. The summed E-state index contributed by atoms with van der Waals surface area (Å²) in [6.45, 7) is 4.83. The fraction of sp³-hybridized carbons (Fsp3) is 0.235. The fourth-order valence-corrected chi connectivity index (χ4v) is 3.42. The van der Waals surface area contributed by atoms with Gasteiger partial charge in [-0.25, -0.2) is 17.5 Å². The van der Waals surface area contributed by atoms with Crippen molar-refractivity contribution in [1.82, 2.24) is 4.72 Å². The van der Waals surface area contributed by atoms with Gasteiger partial charge in [-0.15, -0.1) is 0 Å². The maximum Gasteiger partial charge on any atom is 0.241 e. The van der Waals surface area contributed by atoms with E-state index in [4.69, 9.17) is 0 Å². The Morgan fingerprint density at radius 1 is 1.04 bits per heavy atom. The predicted octanol–water partition coefficient (Wildman–Crippen LogP) is 2.67. The quantitative estimate of drug-likeness (QED) is 0.870. The molecule has 2 rings (SSSR count). The topological polar surface area (TPSA) is 75.3 Å². The lowest BCUT2D eigenvalue weighted by molar-refractivity contribution is -0.115. The lowest BCUT2D eigenvalue weighted by Crippen LogP contribution is -2.33. The molecule has 1 amide bonds. The van der Waals surface area contributed by atoms with Crippen LogP contribution in [0.2, 0.25) is 0 Å². The van der Waals surface area contributed by atoms with Crippen LogP contribution in [0.25, 0.3) is 0 Å². The molecule has 2 N–H and O–H groups in total. The SMILES string of the molecule is Cc1ccc(C)c(NC(=O)CNS(=O)(=O)c2ccc(F)cc2C)c1. The van der Waals surface area contributed by atoms with E-state index in [9.17, 15) is 17.6 Å². The molecule has 5 nitrogen and oxygen atoms in total. The minimum absolute atomic E-state index is 0.0524. The molecular weight excluding hydrogens is 331 g/mol. The van der Waals surface area contributed by atoms with Gasteiger partial charge < -0.3 is 5.32 Å². The Bertz CT molecular complexity index is 879. The normalized spacial score (nSPS) is 11.3. The summed E-state index contributed by atoms with van der Waals surface area (Å²) in [5.41, 5.74) is 2.78. The summed E-state index contributed by atoms with van der Waals surface area (Å²) in [6.07, 6.45) is 0. The first-order valence-electron chi connectivity index (χ1n) is 7.32. The fourth-order valence-electron chi connectivity index (χ4n) is 2.22. The number of amides is 1. The molecule has 128 valence electrons. The number of benzene rings is 2. The molecular formula is C17H19FN2O3S. The number of nitrogens with one attached hydrogen (secondary N) is 2. The van der Waals surface area contributed by atoms with E-state index in [-0.39, 0.29) is 10.5 Å². The molecule has 0 aliphatic carbocycles. The number of hydrogen-bond acceptors (Lipinski definition) is 3. The van der Waals surface area contributed by atoms with Gasteiger partial charge in [0.15, 0.2) is 0 Å². The van der Waals surface area contributed by atoms with E-state index >= 15 is 0 Å². The van der Waals surface area contributed by atoms with Gasteiger partial charge in [-0.3, -0.25) is 4.79 Å². The molecule has 0 fully saturated rings. The summed E-state index contributed by atoms with van der Waals surface area (Å²) in [5.74, 6) is -0.994. The van der Waals surface area contributed by atoms with Gasteiger partial charge in [0, 0.05) is 5.69 Å². The highest BCUT2D eigenvalue weighted by Crippen LogP contribution is 2.17. The number of halogens is 1. The zero-order valence-corrected chi connectivity index (χ0v) is 14.5. The molecule has 0 bridgehead atoms. The van der Waals surface area contributed by atoms with Crippen molar-refractivity contribution in [3.05, 3.63) is 58.9 Å². The molecule has 0 atom stereocenters. The van der Waals surface area contributed by atoms with Crippen LogP contribution < -0.4 is 10.0 Å². The number of sulfonamides is 1. The van der Waals surface area contributed by atoms with Crippen LogP contribution in [0.15, 0.2) is 41.3 Å². The first-order chi connectivity index (χ1) is 11.2. The summed E-state index contributed by atoms with van der Waals surface area (Å²) in [5, 5.41) is 2.67. The van der Waals surface area contributed by atoms with Crippen molar-refractivity contribution in [3.63, 3.8) is 0 Å². The molecule has 2 aromatic rings. The third-order valence-electron chi connectivity index (χ3n) is 3.52. The van der Waals surface area contributed by atoms with Crippen molar-refractivity contribution in [2.45, 2.75) is 25.7 Å². The molecule has 0 saturated heterocycles. The summed E-state index contributed by atoms with van der Waals surface area (Å²) in [6, 6.07) is 8.98. The maximum atomic E-state index is 13.1. The zero-order chi connectivity index (χ0) is 17.9. The van der Waals surface area contributed by atoms with Gasteiger partial charge in [0.25, 0.3) is 0 Å². The summed E-state index contributed by atoms with van der Waals surface area (Å²) < 4.78 is 39.8. The average Bonchev–Trinajstić information content (AvgIpc) is 2.49. The molecule has 0 aliphatic rings. The highest BCUT2D eigenvalue weighted by atomic mass is 32.2. The number of anilines is 1. The number of hydrogen-bond donors (Lipinski definition) is 2. The van der Waals surface area contributed by atoms with E-state index in [0.717, 1.165) is 23.3 Å². The summed E-state index contributed by atoms with van der Waals surface area (Å²) in [7, 11) is -3.89. The number of carbonyl (C=O) groups is 1. The Morgan fingerprint density at radius 2 is 1.75 bits per heavy atom. The largest absolute Gasteiger partial charge is 0.325 e. The molecule has 0 unspecified atom stereocenters. The van der Waals surface area contributed by atoms with Crippen LogP contribution in [-0.4, -0.2) is 20.9 Å². The third kappa shape index (κ3) is 4.39. The Balaban J connectivity index is 2.06. The molecule has 0 heterocycles. The lowest BCUT2D eigenvalue weighted by Gasteiger charge is -2.11. The van der Waals surface area contributed by atoms with Gasteiger partial charge in [0.05, 0.1) is 11.4 Å². The minimum Gasteiger partial charge on any atom is -0.325 e. The van der Waals surface area contributed by atoms with Gasteiger partial charge in [0.2, 0.25) is 15.9 Å². The molecule has 0 radical (unpaired) electrons. The predicted molar refractivity (Wildman–Crippen MR) is 90.9 cm³/mol. The maximum absolute atomic E-state index is 13.1. The van der Waals surface area contributed by atoms with Crippen molar-refractivity contribution < 1.29 is 17.6 Å². The van der Waals surface area contributed by atoms with E-state index in [0.29, 0.717) is 5.69 Å². The van der Waals surface area contributed by atoms with Crippen molar-refractivity contribution in [1.29, 1.82) is 0 Å². The molecule has 0 spiro atoms. The molecule has 2 aromatic carbocycles. The smallest absolute Gasteiger partial charge is 0.241 e. The zero-order valence-electron chi connectivity index (χ0n) is 13.7. The van der Waals surface area contributed by atoms with Crippen LogP contribution in [0, 0.1) is 26.6 Å². The van der Waals surface area contributed by atoms with Crippen LogP contribution in [0.3, 0.4) is 0 Å². The van der Waals surface area contributed by atoms with Crippen molar-refractivity contribution in [2.75, 3.05) is 11.9 Å². The highest BCUT2D eigenvalue weighted by Gasteiger charge is 2.18. The Labute approximate surface area is 141 Å². The lowest BCUT2D eigenvalue weighted by atomic mass is 10.1. The van der Waals surface area contributed by atoms with E-state index in [1.807, 2.05) is 32.0 Å². The van der Waals surface area contributed by atoms with Gasteiger partial charge >= 0.3 is 0 Å². The Hall–Kier alpha value is -2.25. The van der Waals surface area contributed by atoms with Crippen molar-refractivity contribution in [2.24, 2.45) is 0 Å².